The van der Waals surface area contributed by atoms with E-state index in [4.69, 9.17) is 19.6 Å². The Morgan fingerprint density at radius 2 is 1.38 bits per heavy atom. The molecule has 0 amide bonds. The molecule has 1 atom stereocenters. The van der Waals surface area contributed by atoms with Crippen molar-refractivity contribution in [2.75, 3.05) is 18.2 Å². The second kappa shape index (κ2) is 17.0. The van der Waals surface area contributed by atoms with Gasteiger partial charge in [-0.3, -0.25) is 0 Å². The normalized spacial score (nSPS) is 11.9. The molecular formula is C47H42FN5O2S. The Morgan fingerprint density at radius 3 is 1.91 bits per heavy atom. The van der Waals surface area contributed by atoms with Crippen molar-refractivity contribution in [1.82, 2.24) is 14.8 Å². The highest BCUT2D eigenvalue weighted by Gasteiger charge is 2.44. The molecule has 0 radical (unpaired) electrons. The van der Waals surface area contributed by atoms with E-state index < -0.39 is 17.4 Å². The van der Waals surface area contributed by atoms with Gasteiger partial charge in [-0.15, -0.1) is 16.9 Å². The zero-order valence-electron chi connectivity index (χ0n) is 31.7. The van der Waals surface area contributed by atoms with Gasteiger partial charge < -0.3 is 14.8 Å². The van der Waals surface area contributed by atoms with E-state index in [9.17, 15) is 5.26 Å². The molecule has 0 aliphatic carbocycles. The minimum Gasteiger partial charge on any atom is -0.494 e. The highest BCUT2D eigenvalue weighted by atomic mass is 32.2. The number of anilines is 1. The molecule has 7 aromatic rings. The number of hydrogen-bond donors (Lipinski definition) is 1. The highest BCUT2D eigenvalue weighted by Crippen LogP contribution is 2.45. The third-order valence-corrected chi connectivity index (χ3v) is 10.3. The van der Waals surface area contributed by atoms with Gasteiger partial charge in [0.05, 0.1) is 24.3 Å². The predicted octanol–water partition coefficient (Wildman–Crippen LogP) is 10.9. The number of hydrogen-bond acceptors (Lipinski definition) is 7. The van der Waals surface area contributed by atoms with Crippen molar-refractivity contribution in [3.8, 4) is 29.0 Å². The van der Waals surface area contributed by atoms with Crippen molar-refractivity contribution >= 4 is 17.4 Å². The van der Waals surface area contributed by atoms with Crippen LogP contribution >= 0.6 is 11.8 Å². The smallest absolute Gasteiger partial charge is 0.182 e. The van der Waals surface area contributed by atoms with E-state index in [-0.39, 0.29) is 17.4 Å². The molecule has 1 heterocycles. The van der Waals surface area contributed by atoms with Gasteiger partial charge in [0.15, 0.2) is 23.2 Å². The number of ether oxygens (including phenoxy) is 2. The minimum absolute atomic E-state index is 0.0621. The molecule has 0 saturated heterocycles. The Bertz CT molecular complexity index is 2340. The van der Waals surface area contributed by atoms with Gasteiger partial charge in [0, 0.05) is 27.8 Å². The zero-order valence-corrected chi connectivity index (χ0v) is 32.5. The van der Waals surface area contributed by atoms with Crippen LogP contribution in [0, 0.1) is 17.1 Å². The largest absolute Gasteiger partial charge is 0.494 e. The lowest BCUT2D eigenvalue weighted by molar-refractivity contribution is 0.228. The van der Waals surface area contributed by atoms with Gasteiger partial charge in [-0.05, 0) is 86.2 Å². The van der Waals surface area contributed by atoms with E-state index in [2.05, 4.69) is 47.8 Å². The lowest BCUT2D eigenvalue weighted by Crippen LogP contribution is -2.41. The molecule has 56 heavy (non-hydrogen) atoms. The van der Waals surface area contributed by atoms with Crippen LogP contribution in [0.15, 0.2) is 157 Å². The van der Waals surface area contributed by atoms with Gasteiger partial charge in [0.2, 0.25) is 0 Å². The Balaban J connectivity index is 1.64. The van der Waals surface area contributed by atoms with E-state index in [1.807, 2.05) is 123 Å². The van der Waals surface area contributed by atoms with Gasteiger partial charge in [-0.1, -0.05) is 103 Å². The van der Waals surface area contributed by atoms with Crippen LogP contribution in [0.1, 0.15) is 60.5 Å². The molecular weight excluding hydrogens is 718 g/mol. The van der Waals surface area contributed by atoms with Crippen LogP contribution in [0.3, 0.4) is 0 Å². The van der Waals surface area contributed by atoms with Crippen molar-refractivity contribution in [1.29, 1.82) is 5.26 Å². The van der Waals surface area contributed by atoms with Crippen LogP contribution in [0.25, 0.3) is 11.4 Å². The number of nitrogens with one attached hydrogen (secondary N) is 1. The molecule has 7 rings (SSSR count). The summed E-state index contributed by atoms with van der Waals surface area (Å²) in [5, 5.41) is 18.7. The number of nitrogens with zero attached hydrogens (tertiary/aromatic N) is 4. The maximum atomic E-state index is 17.3. The molecule has 7 nitrogen and oxygen atoms in total. The van der Waals surface area contributed by atoms with Gasteiger partial charge in [0.1, 0.15) is 17.3 Å². The topological polar surface area (TPSA) is 85.0 Å². The first-order valence-corrected chi connectivity index (χ1v) is 19.8. The first kappa shape index (κ1) is 37.9. The van der Waals surface area contributed by atoms with Crippen molar-refractivity contribution in [3.63, 3.8) is 0 Å². The summed E-state index contributed by atoms with van der Waals surface area (Å²) < 4.78 is 31.4. The second-order valence-corrected chi connectivity index (χ2v) is 14.3. The van der Waals surface area contributed by atoms with Crippen LogP contribution in [0.5, 0.6) is 11.5 Å². The average molecular weight is 760 g/mol. The summed E-state index contributed by atoms with van der Waals surface area (Å²) in [5.41, 5.74) is 3.92. The summed E-state index contributed by atoms with van der Waals surface area (Å²) >= 11 is 1.61. The van der Waals surface area contributed by atoms with Crippen LogP contribution in [-0.4, -0.2) is 33.7 Å². The van der Waals surface area contributed by atoms with E-state index in [1.54, 1.807) is 36.0 Å². The highest BCUT2D eigenvalue weighted by molar-refractivity contribution is 7.98. The number of halogens is 1. The third kappa shape index (κ3) is 7.48. The maximum absolute atomic E-state index is 17.3. The lowest BCUT2D eigenvalue weighted by Gasteiger charge is -2.38. The van der Waals surface area contributed by atoms with Gasteiger partial charge >= 0.3 is 0 Å². The van der Waals surface area contributed by atoms with Crippen molar-refractivity contribution in [2.24, 2.45) is 0 Å². The van der Waals surface area contributed by atoms with E-state index >= 15 is 4.39 Å². The minimum atomic E-state index is -1.10. The molecule has 0 aliphatic heterocycles. The Kier molecular flexibility index (Phi) is 11.5. The fourth-order valence-corrected chi connectivity index (χ4v) is 7.68. The summed E-state index contributed by atoms with van der Waals surface area (Å²) in [7, 11) is 0. The van der Waals surface area contributed by atoms with E-state index in [0.29, 0.717) is 35.3 Å². The van der Waals surface area contributed by atoms with Crippen molar-refractivity contribution in [3.05, 3.63) is 191 Å². The Morgan fingerprint density at radius 1 is 0.804 bits per heavy atom. The molecule has 1 N–H and O–H groups in total. The number of thioether (sulfide) groups is 1. The van der Waals surface area contributed by atoms with E-state index in [0.717, 1.165) is 27.1 Å². The molecule has 0 spiro atoms. The summed E-state index contributed by atoms with van der Waals surface area (Å²) in [6.07, 6.45) is 1.72. The van der Waals surface area contributed by atoms with Gasteiger partial charge in [0.25, 0.3) is 0 Å². The predicted molar refractivity (Wildman–Crippen MR) is 222 cm³/mol. The van der Waals surface area contributed by atoms with Crippen LogP contribution in [0.4, 0.5) is 10.1 Å². The maximum Gasteiger partial charge on any atom is 0.182 e. The van der Waals surface area contributed by atoms with Gasteiger partial charge in [-0.2, -0.15) is 5.26 Å². The number of benzene rings is 6. The summed E-state index contributed by atoms with van der Waals surface area (Å²) in [4.78, 5) is 6.42. The quantitative estimate of drug-likeness (QED) is 0.0873. The molecule has 6 aromatic carbocycles. The van der Waals surface area contributed by atoms with Crippen LogP contribution < -0.4 is 14.8 Å². The van der Waals surface area contributed by atoms with E-state index in [1.165, 1.54) is 0 Å². The van der Waals surface area contributed by atoms with Crippen LogP contribution in [-0.2, 0) is 5.54 Å². The first-order valence-electron chi connectivity index (χ1n) is 18.5. The summed E-state index contributed by atoms with van der Waals surface area (Å²) in [6, 6.07) is 50.3. The molecule has 0 saturated carbocycles. The fraction of sp³-hybridized carbons (Fsp3) is 0.170. The molecule has 0 bridgehead atoms. The molecule has 9 heteroatoms. The number of rotatable bonds is 14. The second-order valence-electron chi connectivity index (χ2n) is 13.4. The molecule has 0 aliphatic rings. The molecule has 1 unspecified atom stereocenters. The van der Waals surface area contributed by atoms with Gasteiger partial charge in [-0.25, -0.2) is 14.1 Å². The first-order chi connectivity index (χ1) is 27.4. The standard InChI is InChI=1S/C47H42FN5O2S/c1-5-54-38-29-40(43(48)41(30-38)55-32(2)3)44(50-37-27-25-33(31-49)26-28-37)46-51-45(39-23-15-16-24-42(39)56-4)52-53(46)47(34-17-9-6-10-18-34,35-19-11-7-12-20-35)36-21-13-8-14-22-36/h6-30,32,44,50H,5H2,1-4H3. The number of aromatic nitrogens is 3. The summed E-state index contributed by atoms with van der Waals surface area (Å²) in [5.74, 6) is 0.861. The zero-order chi connectivity index (χ0) is 39.1. The Labute approximate surface area is 331 Å². The molecule has 280 valence electrons. The summed E-state index contributed by atoms with van der Waals surface area (Å²) in [6.45, 7) is 5.97. The SMILES string of the molecule is CCOc1cc(OC(C)C)c(F)c(C(Nc2ccc(C#N)cc2)c2nc(-c3ccccc3SC)nn2C(c2ccccc2)(c2ccccc2)c2ccccc2)c1. The molecule has 0 fully saturated rings. The number of nitriles is 1. The monoisotopic (exact) mass is 759 g/mol. The van der Waals surface area contributed by atoms with Crippen molar-refractivity contribution in [2.45, 2.75) is 43.4 Å². The third-order valence-electron chi connectivity index (χ3n) is 9.48. The lowest BCUT2D eigenvalue weighted by atomic mass is 9.77. The average Bonchev–Trinajstić information content (AvgIpc) is 3.68. The van der Waals surface area contributed by atoms with Crippen molar-refractivity contribution < 1.29 is 13.9 Å². The fourth-order valence-electron chi connectivity index (χ4n) is 7.09. The Hall–Kier alpha value is -6.37. The molecule has 1 aromatic heterocycles. The van der Waals surface area contributed by atoms with Crippen LogP contribution in [0.2, 0.25) is 0 Å².